The van der Waals surface area contributed by atoms with Gasteiger partial charge in [0.25, 0.3) is 0 Å². The molecule has 80 valence electrons. The fraction of sp³-hybridized carbons (Fsp3) is 0.308. The zero-order chi connectivity index (χ0) is 11.3. The van der Waals surface area contributed by atoms with Crippen LogP contribution in [0, 0.1) is 0 Å². The molecular weight excluding hydrogens is 184 g/mol. The maximum Gasteiger partial charge on any atom is 0.115 e. The van der Waals surface area contributed by atoms with Gasteiger partial charge in [-0.2, -0.15) is 0 Å². The van der Waals surface area contributed by atoms with Gasteiger partial charge in [0.15, 0.2) is 0 Å². The molecular formula is C13H18N2. The molecule has 0 bridgehead atoms. The van der Waals surface area contributed by atoms with Crippen LogP contribution in [-0.2, 0) is 7.05 Å². The third kappa shape index (κ3) is 3.24. The highest BCUT2D eigenvalue weighted by molar-refractivity contribution is 5.21. The van der Waals surface area contributed by atoms with Gasteiger partial charge in [-0.05, 0) is 6.92 Å². The summed E-state index contributed by atoms with van der Waals surface area (Å²) in [7, 11) is 2.01. The molecule has 0 radical (unpaired) electrons. The van der Waals surface area contributed by atoms with E-state index >= 15 is 0 Å². The van der Waals surface area contributed by atoms with Gasteiger partial charge in [0.05, 0.1) is 0 Å². The summed E-state index contributed by atoms with van der Waals surface area (Å²) in [6.07, 6.45) is 11.9. The van der Waals surface area contributed by atoms with E-state index in [1.54, 1.807) is 0 Å². The summed E-state index contributed by atoms with van der Waals surface area (Å²) in [6.45, 7) is 7.87. The van der Waals surface area contributed by atoms with Crippen LogP contribution < -0.4 is 0 Å². The number of aryl methyl sites for hydroxylation is 1. The molecule has 0 aliphatic carbocycles. The van der Waals surface area contributed by atoms with Crippen LogP contribution in [0.1, 0.15) is 25.6 Å². The van der Waals surface area contributed by atoms with E-state index in [9.17, 15) is 0 Å². The molecule has 0 saturated heterocycles. The highest BCUT2D eigenvalue weighted by atomic mass is 15.0. The van der Waals surface area contributed by atoms with Crippen LogP contribution in [0.2, 0.25) is 0 Å². The first-order valence-electron chi connectivity index (χ1n) is 5.10. The van der Waals surface area contributed by atoms with Crippen molar-refractivity contribution in [2.45, 2.75) is 19.8 Å². The van der Waals surface area contributed by atoms with Crippen LogP contribution in [-0.4, -0.2) is 9.55 Å². The Hall–Kier alpha value is -1.57. The lowest BCUT2D eigenvalue weighted by atomic mass is 10.1. The van der Waals surface area contributed by atoms with Crippen LogP contribution >= 0.6 is 0 Å². The van der Waals surface area contributed by atoms with Crippen molar-refractivity contribution < 1.29 is 0 Å². The zero-order valence-electron chi connectivity index (χ0n) is 9.64. The van der Waals surface area contributed by atoms with E-state index in [1.165, 1.54) is 5.57 Å². The third-order valence-corrected chi connectivity index (χ3v) is 2.35. The van der Waals surface area contributed by atoms with Gasteiger partial charge in [0.2, 0.25) is 0 Å². The van der Waals surface area contributed by atoms with Crippen LogP contribution in [0.4, 0.5) is 0 Å². The Morgan fingerprint density at radius 1 is 1.60 bits per heavy atom. The van der Waals surface area contributed by atoms with E-state index in [2.05, 4.69) is 30.6 Å². The van der Waals surface area contributed by atoms with Gasteiger partial charge in [-0.25, -0.2) is 4.98 Å². The summed E-state index contributed by atoms with van der Waals surface area (Å²) in [4.78, 5) is 4.30. The Labute approximate surface area is 91.7 Å². The van der Waals surface area contributed by atoms with E-state index in [1.807, 2.05) is 43.1 Å². The topological polar surface area (TPSA) is 17.8 Å². The molecule has 15 heavy (non-hydrogen) atoms. The number of hydrogen-bond acceptors (Lipinski definition) is 1. The predicted molar refractivity (Wildman–Crippen MR) is 64.7 cm³/mol. The fourth-order valence-corrected chi connectivity index (χ4v) is 1.34. The van der Waals surface area contributed by atoms with Crippen LogP contribution in [0.3, 0.4) is 0 Å². The Balaban J connectivity index is 2.68. The largest absolute Gasteiger partial charge is 0.338 e. The minimum atomic E-state index is 0.332. The van der Waals surface area contributed by atoms with Crippen molar-refractivity contribution in [3.63, 3.8) is 0 Å². The average Bonchev–Trinajstić information content (AvgIpc) is 2.64. The molecule has 0 N–H and O–H groups in total. The second-order valence-electron chi connectivity index (χ2n) is 3.68. The lowest BCUT2D eigenvalue weighted by molar-refractivity contribution is 0.755. The van der Waals surface area contributed by atoms with Crippen LogP contribution in [0.15, 0.2) is 48.8 Å². The van der Waals surface area contributed by atoms with Crippen LogP contribution in [0.5, 0.6) is 0 Å². The smallest absolute Gasteiger partial charge is 0.115 e. The Kier molecular flexibility index (Phi) is 4.10. The van der Waals surface area contributed by atoms with E-state index in [0.29, 0.717) is 5.92 Å². The summed E-state index contributed by atoms with van der Waals surface area (Å²) in [6, 6.07) is 0. The number of rotatable bonds is 4. The molecule has 1 unspecified atom stereocenters. The SMILES string of the molecule is C=C/C(C)=C\C=C/C(C)c1nccn1C. The molecule has 0 aromatic carbocycles. The fourth-order valence-electron chi connectivity index (χ4n) is 1.34. The predicted octanol–water partition coefficient (Wildman–Crippen LogP) is 3.21. The maximum absolute atomic E-state index is 4.30. The molecule has 2 nitrogen and oxygen atoms in total. The molecule has 1 rings (SSSR count). The molecule has 2 heteroatoms. The number of imidazole rings is 1. The normalized spacial score (nSPS) is 14.5. The molecule has 1 heterocycles. The maximum atomic E-state index is 4.30. The summed E-state index contributed by atoms with van der Waals surface area (Å²) < 4.78 is 2.04. The second kappa shape index (κ2) is 5.35. The highest BCUT2D eigenvalue weighted by Crippen LogP contribution is 2.13. The second-order valence-corrected chi connectivity index (χ2v) is 3.68. The van der Waals surface area contributed by atoms with Gasteiger partial charge >= 0.3 is 0 Å². The highest BCUT2D eigenvalue weighted by Gasteiger charge is 2.05. The van der Waals surface area contributed by atoms with Gasteiger partial charge in [-0.3, -0.25) is 0 Å². The summed E-state index contributed by atoms with van der Waals surface area (Å²) >= 11 is 0. The Bertz CT molecular complexity index is 383. The number of aromatic nitrogens is 2. The average molecular weight is 202 g/mol. The lowest BCUT2D eigenvalue weighted by Crippen LogP contribution is -1.99. The summed E-state index contributed by atoms with van der Waals surface area (Å²) in [5.74, 6) is 1.41. The first-order chi connectivity index (χ1) is 7.15. The number of nitrogens with zero attached hydrogens (tertiary/aromatic N) is 2. The molecule has 0 saturated carbocycles. The molecule has 1 aromatic heterocycles. The van der Waals surface area contributed by atoms with E-state index < -0.39 is 0 Å². The van der Waals surface area contributed by atoms with Crippen molar-refractivity contribution in [2.24, 2.45) is 7.05 Å². The monoisotopic (exact) mass is 202 g/mol. The summed E-state index contributed by atoms with van der Waals surface area (Å²) in [5.41, 5.74) is 1.17. The quantitative estimate of drug-likeness (QED) is 0.685. The van der Waals surface area contributed by atoms with Gasteiger partial charge in [0, 0.05) is 25.4 Å². The van der Waals surface area contributed by atoms with Crippen LogP contribution in [0.25, 0.3) is 0 Å². The summed E-state index contributed by atoms with van der Waals surface area (Å²) in [5, 5.41) is 0. The van der Waals surface area contributed by atoms with Crippen molar-refractivity contribution in [3.05, 3.63) is 54.7 Å². The molecule has 1 aromatic rings. The van der Waals surface area contributed by atoms with Crippen molar-refractivity contribution in [1.82, 2.24) is 9.55 Å². The zero-order valence-corrected chi connectivity index (χ0v) is 9.64. The first-order valence-corrected chi connectivity index (χ1v) is 5.10. The van der Waals surface area contributed by atoms with Crippen molar-refractivity contribution >= 4 is 0 Å². The number of hydrogen-bond donors (Lipinski definition) is 0. The molecule has 0 fully saturated rings. The van der Waals surface area contributed by atoms with E-state index in [4.69, 9.17) is 0 Å². The molecule has 1 atom stereocenters. The van der Waals surface area contributed by atoms with Crippen molar-refractivity contribution in [1.29, 1.82) is 0 Å². The molecule has 0 amide bonds. The van der Waals surface area contributed by atoms with Gasteiger partial charge < -0.3 is 4.57 Å². The molecule has 0 aliphatic heterocycles. The van der Waals surface area contributed by atoms with Gasteiger partial charge in [0.1, 0.15) is 5.82 Å². The van der Waals surface area contributed by atoms with Gasteiger partial charge in [-0.15, -0.1) is 0 Å². The van der Waals surface area contributed by atoms with E-state index in [0.717, 1.165) is 5.82 Å². The standard InChI is InChI=1S/C13H18N2/c1-5-11(2)7-6-8-12(3)13-14-9-10-15(13)4/h5-10,12H,1H2,2-4H3/b8-6-,11-7-. The third-order valence-electron chi connectivity index (χ3n) is 2.35. The lowest BCUT2D eigenvalue weighted by Gasteiger charge is -2.05. The molecule has 0 spiro atoms. The van der Waals surface area contributed by atoms with Crippen molar-refractivity contribution in [2.75, 3.05) is 0 Å². The van der Waals surface area contributed by atoms with Crippen molar-refractivity contribution in [3.8, 4) is 0 Å². The van der Waals surface area contributed by atoms with E-state index in [-0.39, 0.29) is 0 Å². The Morgan fingerprint density at radius 3 is 2.87 bits per heavy atom. The Morgan fingerprint density at radius 2 is 2.33 bits per heavy atom. The first kappa shape index (κ1) is 11.5. The molecule has 0 aliphatic rings. The number of allylic oxidation sites excluding steroid dienone is 5. The minimum absolute atomic E-state index is 0.332. The van der Waals surface area contributed by atoms with Gasteiger partial charge in [-0.1, -0.05) is 43.4 Å². The minimum Gasteiger partial charge on any atom is -0.338 e.